The van der Waals surface area contributed by atoms with Crippen molar-refractivity contribution >= 4 is 0 Å². The van der Waals surface area contributed by atoms with Crippen LogP contribution in [0.1, 0.15) is 0 Å². The van der Waals surface area contributed by atoms with E-state index in [2.05, 4.69) is 25.6 Å². The van der Waals surface area contributed by atoms with Crippen LogP contribution in [0.3, 0.4) is 0 Å². The molecule has 0 saturated carbocycles. The fourth-order valence-electron chi connectivity index (χ4n) is 1.35. The lowest BCUT2D eigenvalue weighted by molar-refractivity contribution is 0.768. The first-order valence-corrected chi connectivity index (χ1v) is 4.63. The van der Waals surface area contributed by atoms with Gasteiger partial charge in [0, 0.05) is 12.3 Å². The lowest BCUT2D eigenvalue weighted by Crippen LogP contribution is -2.01. The van der Waals surface area contributed by atoms with Gasteiger partial charge >= 0.3 is 0 Å². The molecule has 0 amide bonds. The molecule has 3 aromatic heterocycles. The van der Waals surface area contributed by atoms with Crippen LogP contribution in [0.4, 0.5) is 0 Å². The number of aromatic nitrogens is 7. The summed E-state index contributed by atoms with van der Waals surface area (Å²) in [7, 11) is 0. The first-order valence-electron chi connectivity index (χ1n) is 4.63. The highest BCUT2D eigenvalue weighted by molar-refractivity contribution is 5.36. The van der Waals surface area contributed by atoms with Crippen molar-refractivity contribution in [3.63, 3.8) is 0 Å². The van der Waals surface area contributed by atoms with E-state index >= 15 is 0 Å². The van der Waals surface area contributed by atoms with Crippen molar-refractivity contribution < 1.29 is 0 Å². The summed E-state index contributed by atoms with van der Waals surface area (Å²) in [4.78, 5) is 4.19. The number of nitrogens with zero attached hydrogens (tertiary/aromatic N) is 7. The largest absolute Gasteiger partial charge is 0.237 e. The molecule has 0 atom stereocenters. The van der Waals surface area contributed by atoms with Gasteiger partial charge < -0.3 is 0 Å². The molecule has 0 unspecified atom stereocenters. The SMILES string of the molecule is c1cn(-c2ccnc(-n3ccnn3)c2)nn1. The summed E-state index contributed by atoms with van der Waals surface area (Å²) < 4.78 is 3.24. The van der Waals surface area contributed by atoms with E-state index in [0.717, 1.165) is 5.69 Å². The van der Waals surface area contributed by atoms with Gasteiger partial charge in [0.15, 0.2) is 5.82 Å². The topological polar surface area (TPSA) is 74.3 Å². The van der Waals surface area contributed by atoms with Gasteiger partial charge in [-0.2, -0.15) is 0 Å². The van der Waals surface area contributed by atoms with Crippen LogP contribution in [0, 0.1) is 0 Å². The predicted molar refractivity (Wildman–Crippen MR) is 54.1 cm³/mol. The zero-order chi connectivity index (χ0) is 10.8. The fourth-order valence-corrected chi connectivity index (χ4v) is 1.35. The minimum atomic E-state index is 0.686. The summed E-state index contributed by atoms with van der Waals surface area (Å²) in [5, 5.41) is 15.2. The Kier molecular flexibility index (Phi) is 1.93. The second-order valence-electron chi connectivity index (χ2n) is 3.07. The Morgan fingerprint density at radius 3 is 2.31 bits per heavy atom. The highest BCUT2D eigenvalue weighted by Crippen LogP contribution is 2.08. The van der Waals surface area contributed by atoms with Gasteiger partial charge in [-0.15, -0.1) is 10.2 Å². The molecule has 3 heterocycles. The highest BCUT2D eigenvalue weighted by atomic mass is 15.4. The second kappa shape index (κ2) is 3.54. The monoisotopic (exact) mass is 213 g/mol. The summed E-state index contributed by atoms with van der Waals surface area (Å²) in [6, 6.07) is 3.69. The molecule has 0 aromatic carbocycles. The van der Waals surface area contributed by atoms with Crippen molar-refractivity contribution in [2.75, 3.05) is 0 Å². The van der Waals surface area contributed by atoms with E-state index in [0.29, 0.717) is 5.82 Å². The van der Waals surface area contributed by atoms with E-state index in [-0.39, 0.29) is 0 Å². The Morgan fingerprint density at radius 2 is 1.62 bits per heavy atom. The standard InChI is InChI=1S/C9H7N7/c1-2-10-9(16-6-4-12-14-16)7-8(1)15-5-3-11-13-15/h1-7H. The molecule has 0 saturated heterocycles. The molecular formula is C9H7N7. The summed E-state index contributed by atoms with van der Waals surface area (Å²) in [6.45, 7) is 0. The lowest BCUT2D eigenvalue weighted by atomic mass is 10.4. The van der Waals surface area contributed by atoms with Crippen molar-refractivity contribution in [1.82, 2.24) is 35.0 Å². The number of hydrogen-bond donors (Lipinski definition) is 0. The molecule has 0 N–H and O–H groups in total. The minimum absolute atomic E-state index is 0.686. The summed E-state index contributed by atoms with van der Waals surface area (Å²) >= 11 is 0. The Morgan fingerprint density at radius 1 is 0.875 bits per heavy atom. The number of pyridine rings is 1. The third kappa shape index (κ3) is 1.44. The lowest BCUT2D eigenvalue weighted by Gasteiger charge is -2.02. The van der Waals surface area contributed by atoms with Gasteiger partial charge in [-0.1, -0.05) is 10.4 Å². The predicted octanol–water partition coefficient (Wildman–Crippen LogP) is 0.243. The smallest absolute Gasteiger partial charge is 0.157 e. The molecule has 3 aromatic rings. The first kappa shape index (κ1) is 8.72. The van der Waals surface area contributed by atoms with E-state index < -0.39 is 0 Å². The Labute approximate surface area is 90.4 Å². The maximum absolute atomic E-state index is 4.19. The molecule has 78 valence electrons. The van der Waals surface area contributed by atoms with Crippen molar-refractivity contribution in [3.8, 4) is 11.5 Å². The van der Waals surface area contributed by atoms with Crippen LogP contribution in [0.5, 0.6) is 0 Å². The molecule has 0 aliphatic rings. The van der Waals surface area contributed by atoms with Crippen molar-refractivity contribution in [2.24, 2.45) is 0 Å². The van der Waals surface area contributed by atoms with Crippen molar-refractivity contribution in [3.05, 3.63) is 43.1 Å². The van der Waals surface area contributed by atoms with Crippen LogP contribution in [0.15, 0.2) is 43.1 Å². The average molecular weight is 213 g/mol. The average Bonchev–Trinajstić information content (AvgIpc) is 3.03. The third-order valence-electron chi connectivity index (χ3n) is 2.07. The maximum Gasteiger partial charge on any atom is 0.157 e. The van der Waals surface area contributed by atoms with Crippen LogP contribution in [0.25, 0.3) is 11.5 Å². The normalized spacial score (nSPS) is 10.5. The third-order valence-corrected chi connectivity index (χ3v) is 2.07. The molecule has 0 aliphatic carbocycles. The van der Waals surface area contributed by atoms with E-state index in [1.807, 2.05) is 12.1 Å². The van der Waals surface area contributed by atoms with Crippen LogP contribution >= 0.6 is 0 Å². The summed E-state index contributed by atoms with van der Waals surface area (Å²) in [6.07, 6.45) is 8.40. The van der Waals surface area contributed by atoms with Gasteiger partial charge in [-0.3, -0.25) is 0 Å². The van der Waals surface area contributed by atoms with Gasteiger partial charge in [0.25, 0.3) is 0 Å². The molecule has 7 heteroatoms. The summed E-state index contributed by atoms with van der Waals surface area (Å²) in [5.41, 5.74) is 0.873. The van der Waals surface area contributed by atoms with E-state index in [1.165, 1.54) is 0 Å². The Bertz CT molecular complexity index is 520. The highest BCUT2D eigenvalue weighted by Gasteiger charge is 2.02. The van der Waals surface area contributed by atoms with Gasteiger partial charge in [0.05, 0.1) is 30.5 Å². The second-order valence-corrected chi connectivity index (χ2v) is 3.07. The van der Waals surface area contributed by atoms with Crippen molar-refractivity contribution in [2.45, 2.75) is 0 Å². The first-order chi connectivity index (χ1) is 7.93. The maximum atomic E-state index is 4.19. The van der Waals surface area contributed by atoms with Gasteiger partial charge in [0.1, 0.15) is 0 Å². The Balaban J connectivity index is 2.07. The molecule has 0 aliphatic heterocycles. The van der Waals surface area contributed by atoms with E-state index in [9.17, 15) is 0 Å². The van der Waals surface area contributed by atoms with Gasteiger partial charge in [-0.05, 0) is 6.07 Å². The molecule has 0 bridgehead atoms. The molecule has 16 heavy (non-hydrogen) atoms. The zero-order valence-corrected chi connectivity index (χ0v) is 8.17. The minimum Gasteiger partial charge on any atom is -0.237 e. The quantitative estimate of drug-likeness (QED) is 0.609. The van der Waals surface area contributed by atoms with Crippen LogP contribution < -0.4 is 0 Å². The van der Waals surface area contributed by atoms with Gasteiger partial charge in [0.2, 0.25) is 0 Å². The van der Waals surface area contributed by atoms with Crippen LogP contribution in [0.2, 0.25) is 0 Å². The molecule has 0 fully saturated rings. The molecular weight excluding hydrogens is 206 g/mol. The van der Waals surface area contributed by atoms with Crippen LogP contribution in [-0.2, 0) is 0 Å². The van der Waals surface area contributed by atoms with Crippen molar-refractivity contribution in [1.29, 1.82) is 0 Å². The number of rotatable bonds is 2. The van der Waals surface area contributed by atoms with E-state index in [4.69, 9.17) is 0 Å². The van der Waals surface area contributed by atoms with Crippen LogP contribution in [-0.4, -0.2) is 35.0 Å². The number of hydrogen-bond acceptors (Lipinski definition) is 5. The Hall–Kier alpha value is -2.57. The summed E-state index contributed by atoms with van der Waals surface area (Å²) in [5.74, 6) is 0.686. The molecule has 0 radical (unpaired) electrons. The molecule has 7 nitrogen and oxygen atoms in total. The zero-order valence-electron chi connectivity index (χ0n) is 8.17. The van der Waals surface area contributed by atoms with E-state index in [1.54, 1.807) is 40.3 Å². The van der Waals surface area contributed by atoms with Gasteiger partial charge in [-0.25, -0.2) is 14.3 Å². The molecule has 3 rings (SSSR count). The molecule has 0 spiro atoms. The fraction of sp³-hybridized carbons (Fsp3) is 0.